The summed E-state index contributed by atoms with van der Waals surface area (Å²) in [6.45, 7) is 0. The van der Waals surface area contributed by atoms with E-state index in [0.717, 1.165) is 77.9 Å². The molecule has 0 amide bonds. The van der Waals surface area contributed by atoms with Crippen LogP contribution in [0.3, 0.4) is 0 Å². The van der Waals surface area contributed by atoms with Gasteiger partial charge in [0.2, 0.25) is 0 Å². The molecular formula is C59H39N7. The van der Waals surface area contributed by atoms with E-state index in [-0.39, 0.29) is 0 Å². The van der Waals surface area contributed by atoms with Gasteiger partial charge in [-0.25, -0.2) is 29.9 Å². The van der Waals surface area contributed by atoms with Gasteiger partial charge in [0, 0.05) is 45.8 Å². The SMILES string of the molecule is c1ccc(-c2cccc(-c3nc(-c4ccccc4)nc(-c4ccccc4-c4cccc(-c5ccncc5)c4-c4ccccc4-c4nc(-c5ccccc5)nc(-c5ccccc5)n4)n3)c2)cc1. The average Bonchev–Trinajstić information content (AvgIpc) is 3.41. The minimum absolute atomic E-state index is 0.561. The molecule has 0 aliphatic carbocycles. The first-order valence-corrected chi connectivity index (χ1v) is 21.8. The van der Waals surface area contributed by atoms with E-state index < -0.39 is 0 Å². The maximum Gasteiger partial charge on any atom is 0.164 e. The maximum atomic E-state index is 5.29. The Bertz CT molecular complexity index is 3400. The van der Waals surface area contributed by atoms with Crippen molar-refractivity contribution in [3.05, 3.63) is 237 Å². The van der Waals surface area contributed by atoms with Crippen LogP contribution in [0.1, 0.15) is 0 Å². The van der Waals surface area contributed by atoms with Gasteiger partial charge in [-0.05, 0) is 62.7 Å². The van der Waals surface area contributed by atoms with Gasteiger partial charge in [0.1, 0.15) is 0 Å². The highest BCUT2D eigenvalue weighted by molar-refractivity contribution is 6.01. The molecule has 11 rings (SSSR count). The lowest BCUT2D eigenvalue weighted by atomic mass is 9.84. The molecule has 0 aliphatic heterocycles. The Morgan fingerprint density at radius 2 is 0.545 bits per heavy atom. The van der Waals surface area contributed by atoms with Gasteiger partial charge in [0.25, 0.3) is 0 Å². The van der Waals surface area contributed by atoms with Crippen molar-refractivity contribution in [3.8, 4) is 113 Å². The van der Waals surface area contributed by atoms with Crippen LogP contribution in [0.4, 0.5) is 0 Å². The Labute approximate surface area is 383 Å². The minimum atomic E-state index is 0.561. The lowest BCUT2D eigenvalue weighted by Crippen LogP contribution is -2.02. The second-order valence-corrected chi connectivity index (χ2v) is 15.7. The standard InChI is InChI=1S/C59H39N7/c1-5-19-40(20-6-1)45-27-17-28-46(39-45)57-62-56(44-25-11-4-12-26-44)63-58(66-57)51-31-15-13-29-48(51)49-34-18-33-47(41-35-37-60-38-36-41)53(49)50-30-14-16-32-52(50)59-64-54(42-21-7-2-8-22-42)61-55(65-59)43-23-9-3-10-24-43/h1-39H. The number of aromatic nitrogens is 7. The first kappa shape index (κ1) is 39.8. The molecule has 66 heavy (non-hydrogen) atoms. The van der Waals surface area contributed by atoms with Gasteiger partial charge in [-0.3, -0.25) is 4.98 Å². The van der Waals surface area contributed by atoms with Crippen molar-refractivity contribution < 1.29 is 0 Å². The summed E-state index contributed by atoms with van der Waals surface area (Å²) < 4.78 is 0. The van der Waals surface area contributed by atoms with Crippen molar-refractivity contribution in [2.45, 2.75) is 0 Å². The fourth-order valence-electron chi connectivity index (χ4n) is 8.39. The topological polar surface area (TPSA) is 90.2 Å². The quantitative estimate of drug-likeness (QED) is 0.135. The van der Waals surface area contributed by atoms with Crippen LogP contribution >= 0.6 is 0 Å². The molecule has 0 saturated heterocycles. The van der Waals surface area contributed by atoms with E-state index in [4.69, 9.17) is 29.9 Å². The van der Waals surface area contributed by atoms with Gasteiger partial charge < -0.3 is 0 Å². The number of nitrogens with zero attached hydrogens (tertiary/aromatic N) is 7. The minimum Gasteiger partial charge on any atom is -0.265 e. The molecule has 8 aromatic carbocycles. The third-order valence-corrected chi connectivity index (χ3v) is 11.5. The highest BCUT2D eigenvalue weighted by Crippen LogP contribution is 2.46. The van der Waals surface area contributed by atoms with Gasteiger partial charge in [-0.2, -0.15) is 0 Å². The van der Waals surface area contributed by atoms with Gasteiger partial charge in [-0.15, -0.1) is 0 Å². The average molecular weight is 846 g/mol. The lowest BCUT2D eigenvalue weighted by Gasteiger charge is -2.20. The predicted octanol–water partition coefficient (Wildman–Crippen LogP) is 14.1. The van der Waals surface area contributed by atoms with Gasteiger partial charge in [-0.1, -0.05) is 206 Å². The Kier molecular flexibility index (Phi) is 10.8. The third-order valence-electron chi connectivity index (χ3n) is 11.5. The highest BCUT2D eigenvalue weighted by atomic mass is 15.0. The maximum absolute atomic E-state index is 5.29. The van der Waals surface area contributed by atoms with E-state index >= 15 is 0 Å². The monoisotopic (exact) mass is 845 g/mol. The summed E-state index contributed by atoms with van der Waals surface area (Å²) in [5.74, 6) is 3.48. The van der Waals surface area contributed by atoms with Gasteiger partial charge in [0.15, 0.2) is 34.9 Å². The molecule has 0 fully saturated rings. The Hall–Kier alpha value is -9.07. The van der Waals surface area contributed by atoms with Crippen LogP contribution in [0, 0.1) is 0 Å². The summed E-state index contributed by atoms with van der Waals surface area (Å²) in [5.41, 5.74) is 13.5. The van der Waals surface area contributed by atoms with Crippen LogP contribution in [0.5, 0.6) is 0 Å². The fourth-order valence-corrected chi connectivity index (χ4v) is 8.39. The summed E-state index contributed by atoms with van der Waals surface area (Å²) in [6.07, 6.45) is 3.67. The number of rotatable bonds is 10. The highest BCUT2D eigenvalue weighted by Gasteiger charge is 2.23. The number of pyridine rings is 1. The molecular weight excluding hydrogens is 807 g/mol. The van der Waals surface area contributed by atoms with Crippen LogP contribution in [0.15, 0.2) is 237 Å². The Balaban J connectivity index is 1.14. The Morgan fingerprint density at radius 1 is 0.197 bits per heavy atom. The summed E-state index contributed by atoms with van der Waals surface area (Å²) in [7, 11) is 0. The van der Waals surface area contributed by atoms with Crippen molar-refractivity contribution in [3.63, 3.8) is 0 Å². The Morgan fingerprint density at radius 3 is 1.08 bits per heavy atom. The molecule has 0 atom stereocenters. The molecule has 3 heterocycles. The van der Waals surface area contributed by atoms with E-state index in [1.165, 1.54) is 0 Å². The molecule has 0 N–H and O–H groups in total. The van der Waals surface area contributed by atoms with Crippen molar-refractivity contribution in [2.24, 2.45) is 0 Å². The van der Waals surface area contributed by atoms with E-state index in [9.17, 15) is 0 Å². The second kappa shape index (κ2) is 18.0. The van der Waals surface area contributed by atoms with Gasteiger partial charge >= 0.3 is 0 Å². The summed E-state index contributed by atoms with van der Waals surface area (Å²) in [5, 5.41) is 0. The van der Waals surface area contributed by atoms with Crippen molar-refractivity contribution in [1.82, 2.24) is 34.9 Å². The number of hydrogen-bond donors (Lipinski definition) is 0. The molecule has 0 unspecified atom stereocenters. The van der Waals surface area contributed by atoms with Crippen molar-refractivity contribution in [2.75, 3.05) is 0 Å². The van der Waals surface area contributed by atoms with Crippen LogP contribution in [0.25, 0.3) is 113 Å². The van der Waals surface area contributed by atoms with E-state index in [2.05, 4.69) is 120 Å². The van der Waals surface area contributed by atoms with Gasteiger partial charge in [0.05, 0.1) is 0 Å². The van der Waals surface area contributed by atoms with Crippen LogP contribution in [0.2, 0.25) is 0 Å². The van der Waals surface area contributed by atoms with Crippen LogP contribution in [-0.4, -0.2) is 34.9 Å². The van der Waals surface area contributed by atoms with E-state index in [0.29, 0.717) is 34.9 Å². The lowest BCUT2D eigenvalue weighted by molar-refractivity contribution is 1.07. The zero-order valence-corrected chi connectivity index (χ0v) is 35.6. The molecule has 0 radical (unpaired) electrons. The van der Waals surface area contributed by atoms with E-state index in [1.807, 2.05) is 122 Å². The van der Waals surface area contributed by atoms with Crippen molar-refractivity contribution in [1.29, 1.82) is 0 Å². The second-order valence-electron chi connectivity index (χ2n) is 15.7. The molecule has 0 bridgehead atoms. The molecule has 11 aromatic rings. The van der Waals surface area contributed by atoms with Crippen LogP contribution in [-0.2, 0) is 0 Å². The zero-order valence-electron chi connectivity index (χ0n) is 35.6. The number of benzene rings is 8. The van der Waals surface area contributed by atoms with E-state index in [1.54, 1.807) is 0 Å². The molecule has 7 nitrogen and oxygen atoms in total. The summed E-state index contributed by atoms with van der Waals surface area (Å²) in [6, 6.07) is 76.3. The van der Waals surface area contributed by atoms with Crippen LogP contribution < -0.4 is 0 Å². The first-order valence-electron chi connectivity index (χ1n) is 21.8. The summed E-state index contributed by atoms with van der Waals surface area (Å²) in [4.78, 5) is 35.4. The molecule has 310 valence electrons. The normalized spacial score (nSPS) is 11.0. The predicted molar refractivity (Wildman–Crippen MR) is 265 cm³/mol. The zero-order chi connectivity index (χ0) is 44.1. The molecule has 0 aliphatic rings. The largest absolute Gasteiger partial charge is 0.265 e. The molecule has 7 heteroatoms. The molecule has 3 aromatic heterocycles. The van der Waals surface area contributed by atoms with Crippen molar-refractivity contribution >= 4 is 0 Å². The first-order chi connectivity index (χ1) is 32.7. The number of hydrogen-bond acceptors (Lipinski definition) is 7. The summed E-state index contributed by atoms with van der Waals surface area (Å²) >= 11 is 0. The fraction of sp³-hybridized carbons (Fsp3) is 0. The smallest absolute Gasteiger partial charge is 0.164 e. The third kappa shape index (κ3) is 8.04. The molecule has 0 spiro atoms. The molecule has 0 saturated carbocycles.